The maximum absolute atomic E-state index is 11.2. The van der Waals surface area contributed by atoms with Gasteiger partial charge in [0.25, 0.3) is 5.56 Å². The number of rotatable bonds is 1. The number of pyridine rings is 1. The molecule has 1 aromatic rings. The Morgan fingerprint density at radius 3 is 2.91 bits per heavy atom. The summed E-state index contributed by atoms with van der Waals surface area (Å²) in [6.45, 7) is 1.96. The van der Waals surface area contributed by atoms with E-state index in [0.29, 0.717) is 0 Å². The summed E-state index contributed by atoms with van der Waals surface area (Å²) in [7, 11) is 0. The zero-order valence-electron chi connectivity index (χ0n) is 6.04. The summed E-state index contributed by atoms with van der Waals surface area (Å²) in [6, 6.07) is 1.88. The summed E-state index contributed by atoms with van der Waals surface area (Å²) in [6.07, 6.45) is 2.46. The van der Waals surface area contributed by atoms with Gasteiger partial charge in [-0.2, -0.15) is 0 Å². The zero-order chi connectivity index (χ0) is 8.43. The number of nitrogens with zero attached hydrogens (tertiary/aromatic N) is 1. The minimum Gasteiger partial charge on any atom is -0.268 e. The second-order valence-electron chi connectivity index (χ2n) is 2.19. The first-order chi connectivity index (χ1) is 5.15. The van der Waals surface area contributed by atoms with Crippen LogP contribution in [0.1, 0.15) is 12.5 Å². The Hall–Kier alpha value is 0.0300. The Morgan fingerprint density at radius 2 is 2.36 bits per heavy atom. The van der Waals surface area contributed by atoms with Gasteiger partial charge in [0, 0.05) is 15.3 Å². The number of halogens is 1. The molecule has 0 aliphatic heterocycles. The van der Waals surface area contributed by atoms with Crippen LogP contribution in [0.3, 0.4) is 0 Å². The predicted octanol–water partition coefficient (Wildman–Crippen LogP) is 1.71. The van der Waals surface area contributed by atoms with Crippen molar-refractivity contribution >= 4 is 35.4 Å². The number of aryl methyl sites for hydroxylation is 1. The van der Waals surface area contributed by atoms with Crippen molar-refractivity contribution in [2.24, 2.45) is 0 Å². The van der Waals surface area contributed by atoms with Crippen LogP contribution in [-0.4, -0.2) is 3.97 Å². The molecule has 0 aromatic carbocycles. The fraction of sp³-hybridized carbons (Fsp3) is 0.286. The second-order valence-corrected chi connectivity index (χ2v) is 3.86. The highest BCUT2D eigenvalue weighted by Crippen LogP contribution is 2.04. The Kier molecular flexibility index (Phi) is 3.00. The molecule has 1 rings (SSSR count). The molecule has 60 valence electrons. The van der Waals surface area contributed by atoms with Gasteiger partial charge in [0.05, 0.1) is 0 Å². The van der Waals surface area contributed by atoms with Crippen molar-refractivity contribution in [2.45, 2.75) is 13.3 Å². The Balaban J connectivity index is 3.37. The number of aromatic nitrogens is 1. The van der Waals surface area contributed by atoms with Gasteiger partial charge in [-0.3, -0.25) is 8.77 Å². The molecule has 0 aliphatic carbocycles. The SMILES string of the molecule is CCc1cc(I)cn(S)c1=O. The van der Waals surface area contributed by atoms with E-state index in [1.807, 2.05) is 13.0 Å². The van der Waals surface area contributed by atoms with E-state index in [2.05, 4.69) is 35.4 Å². The largest absolute Gasteiger partial charge is 0.268 e. The van der Waals surface area contributed by atoms with Crippen LogP contribution >= 0.6 is 35.4 Å². The quantitative estimate of drug-likeness (QED) is 0.614. The van der Waals surface area contributed by atoms with E-state index >= 15 is 0 Å². The topological polar surface area (TPSA) is 22.0 Å². The molecule has 0 atom stereocenters. The highest BCUT2D eigenvalue weighted by atomic mass is 127. The smallest absolute Gasteiger partial charge is 0.263 e. The van der Waals surface area contributed by atoms with Crippen LogP contribution < -0.4 is 5.56 Å². The van der Waals surface area contributed by atoms with Crippen molar-refractivity contribution in [2.75, 3.05) is 0 Å². The Bertz CT molecular complexity index is 321. The predicted molar refractivity (Wildman–Crippen MR) is 57.2 cm³/mol. The summed E-state index contributed by atoms with van der Waals surface area (Å²) >= 11 is 6.15. The molecule has 0 radical (unpaired) electrons. The van der Waals surface area contributed by atoms with Crippen molar-refractivity contribution in [1.82, 2.24) is 3.97 Å². The number of hydrogen-bond donors (Lipinski definition) is 1. The van der Waals surface area contributed by atoms with Gasteiger partial charge in [0.1, 0.15) is 0 Å². The van der Waals surface area contributed by atoms with E-state index in [9.17, 15) is 4.79 Å². The van der Waals surface area contributed by atoms with Crippen LogP contribution in [0.2, 0.25) is 0 Å². The lowest BCUT2D eigenvalue weighted by molar-refractivity contribution is 1.02. The highest BCUT2D eigenvalue weighted by molar-refractivity contribution is 14.1. The van der Waals surface area contributed by atoms with Crippen molar-refractivity contribution < 1.29 is 0 Å². The molecular weight excluding hydrogens is 273 g/mol. The van der Waals surface area contributed by atoms with Gasteiger partial charge in [-0.15, -0.1) is 0 Å². The van der Waals surface area contributed by atoms with E-state index in [1.54, 1.807) is 6.20 Å². The average Bonchev–Trinajstić information content (AvgIpc) is 1.96. The summed E-state index contributed by atoms with van der Waals surface area (Å²) < 4.78 is 2.36. The van der Waals surface area contributed by atoms with Crippen molar-refractivity contribution in [3.05, 3.63) is 31.8 Å². The van der Waals surface area contributed by atoms with Gasteiger partial charge < -0.3 is 0 Å². The third-order valence-corrected chi connectivity index (χ3v) is 2.31. The monoisotopic (exact) mass is 281 g/mol. The maximum Gasteiger partial charge on any atom is 0.263 e. The summed E-state index contributed by atoms with van der Waals surface area (Å²) in [5.41, 5.74) is 0.795. The van der Waals surface area contributed by atoms with E-state index in [4.69, 9.17) is 0 Å². The van der Waals surface area contributed by atoms with Gasteiger partial charge >= 0.3 is 0 Å². The van der Waals surface area contributed by atoms with E-state index in [-0.39, 0.29) is 5.56 Å². The van der Waals surface area contributed by atoms with Crippen LogP contribution in [0.25, 0.3) is 0 Å². The molecule has 2 nitrogen and oxygen atoms in total. The molecule has 1 aromatic heterocycles. The molecule has 11 heavy (non-hydrogen) atoms. The maximum atomic E-state index is 11.2. The molecule has 0 unspecified atom stereocenters. The molecule has 0 bridgehead atoms. The van der Waals surface area contributed by atoms with Gasteiger partial charge in [0.15, 0.2) is 0 Å². The van der Waals surface area contributed by atoms with Gasteiger partial charge in [-0.25, -0.2) is 0 Å². The van der Waals surface area contributed by atoms with Crippen LogP contribution in [0.4, 0.5) is 0 Å². The molecule has 0 saturated heterocycles. The van der Waals surface area contributed by atoms with Gasteiger partial charge in [0.2, 0.25) is 0 Å². The lowest BCUT2D eigenvalue weighted by Gasteiger charge is -2.00. The van der Waals surface area contributed by atoms with E-state index in [0.717, 1.165) is 15.6 Å². The fourth-order valence-electron chi connectivity index (χ4n) is 0.841. The molecular formula is C7H8INOS. The van der Waals surface area contributed by atoms with Gasteiger partial charge in [-0.1, -0.05) is 19.7 Å². The van der Waals surface area contributed by atoms with Crippen molar-refractivity contribution in [3.63, 3.8) is 0 Å². The average molecular weight is 281 g/mol. The normalized spacial score (nSPS) is 10.1. The van der Waals surface area contributed by atoms with E-state index in [1.165, 1.54) is 3.97 Å². The van der Waals surface area contributed by atoms with E-state index < -0.39 is 0 Å². The molecule has 0 aliphatic rings. The summed E-state index contributed by atoms with van der Waals surface area (Å²) in [5.74, 6) is 0. The molecule has 0 spiro atoms. The van der Waals surface area contributed by atoms with Gasteiger partial charge in [-0.05, 0) is 35.1 Å². The molecule has 0 amide bonds. The van der Waals surface area contributed by atoms with Crippen LogP contribution in [0.5, 0.6) is 0 Å². The minimum absolute atomic E-state index is 0.0174. The summed E-state index contributed by atoms with van der Waals surface area (Å²) in [4.78, 5) is 11.2. The number of hydrogen-bond acceptors (Lipinski definition) is 2. The first-order valence-corrected chi connectivity index (χ1v) is 4.73. The third kappa shape index (κ3) is 1.99. The lowest BCUT2D eigenvalue weighted by atomic mass is 10.2. The molecule has 4 heteroatoms. The fourth-order valence-corrected chi connectivity index (χ4v) is 1.97. The standard InChI is InChI=1S/C7H8INOS/c1-2-5-3-6(8)4-9(11)7(5)10/h3-4,11H,2H2,1H3. The van der Waals surface area contributed by atoms with Crippen LogP contribution in [0.15, 0.2) is 17.1 Å². The first-order valence-electron chi connectivity index (χ1n) is 3.25. The van der Waals surface area contributed by atoms with Crippen molar-refractivity contribution in [3.8, 4) is 0 Å². The molecule has 1 heterocycles. The van der Waals surface area contributed by atoms with Crippen molar-refractivity contribution in [1.29, 1.82) is 0 Å². The molecule has 0 N–H and O–H groups in total. The Morgan fingerprint density at radius 1 is 1.73 bits per heavy atom. The zero-order valence-corrected chi connectivity index (χ0v) is 9.09. The van der Waals surface area contributed by atoms with Crippen LogP contribution in [0, 0.1) is 3.57 Å². The summed E-state index contributed by atoms with van der Waals surface area (Å²) in [5, 5.41) is 0. The minimum atomic E-state index is -0.0174. The lowest BCUT2D eigenvalue weighted by Crippen LogP contribution is -2.17. The highest BCUT2D eigenvalue weighted by Gasteiger charge is 2.00. The molecule has 0 fully saturated rings. The third-order valence-electron chi connectivity index (χ3n) is 1.42. The first kappa shape index (κ1) is 9.12. The Labute approximate surface area is 84.3 Å². The van der Waals surface area contributed by atoms with Crippen LogP contribution in [-0.2, 0) is 6.42 Å². The number of thiol groups is 1. The second kappa shape index (κ2) is 3.62. The molecule has 0 saturated carbocycles.